The molecule has 40 heavy (non-hydrogen) atoms. The summed E-state index contributed by atoms with van der Waals surface area (Å²) < 4.78 is 40.8. The van der Waals surface area contributed by atoms with Crippen LogP contribution in [0.15, 0.2) is 72.8 Å². The molecule has 0 fully saturated rings. The minimum atomic E-state index is -4.46. The van der Waals surface area contributed by atoms with Crippen LogP contribution < -0.4 is 10.6 Å². The molecule has 1 heterocycles. The van der Waals surface area contributed by atoms with Crippen LogP contribution in [0.25, 0.3) is 10.9 Å². The van der Waals surface area contributed by atoms with Crippen molar-refractivity contribution in [3.05, 3.63) is 95.2 Å². The number of alkyl halides is 3. The minimum Gasteiger partial charge on any atom is -0.332 e. The molecular formula is C32H34F3N3O2. The molecule has 210 valence electrons. The van der Waals surface area contributed by atoms with Crippen LogP contribution in [0, 0.1) is 5.92 Å². The minimum absolute atomic E-state index is 0.00178. The van der Waals surface area contributed by atoms with Gasteiger partial charge in [0.2, 0.25) is 5.91 Å². The van der Waals surface area contributed by atoms with Crippen LogP contribution in [-0.2, 0) is 22.9 Å². The fourth-order valence-electron chi connectivity index (χ4n) is 4.52. The van der Waals surface area contributed by atoms with Gasteiger partial charge in [0, 0.05) is 35.2 Å². The Bertz CT molecular complexity index is 1510. The first-order valence-corrected chi connectivity index (χ1v) is 13.2. The number of halogens is 3. The fraction of sp³-hybridized carbons (Fsp3) is 0.312. The van der Waals surface area contributed by atoms with E-state index in [-0.39, 0.29) is 22.9 Å². The van der Waals surface area contributed by atoms with E-state index in [0.717, 1.165) is 28.6 Å². The van der Waals surface area contributed by atoms with E-state index >= 15 is 0 Å². The molecule has 8 heteroatoms. The summed E-state index contributed by atoms with van der Waals surface area (Å²) in [5.74, 6) is -0.323. The maximum absolute atomic E-state index is 13.4. The van der Waals surface area contributed by atoms with Crippen molar-refractivity contribution < 1.29 is 22.8 Å². The monoisotopic (exact) mass is 549 g/mol. The first-order valence-electron chi connectivity index (χ1n) is 13.2. The zero-order chi connectivity index (χ0) is 29.2. The van der Waals surface area contributed by atoms with Crippen LogP contribution in [0.3, 0.4) is 0 Å². The Hall–Kier alpha value is -4.07. The number of amides is 2. The third-order valence-electron chi connectivity index (χ3n) is 6.64. The van der Waals surface area contributed by atoms with Crippen molar-refractivity contribution in [3.63, 3.8) is 0 Å². The molecule has 0 bridgehead atoms. The molecule has 2 amide bonds. The molecule has 0 unspecified atom stereocenters. The third-order valence-corrected chi connectivity index (χ3v) is 6.64. The highest BCUT2D eigenvalue weighted by Crippen LogP contribution is 2.31. The van der Waals surface area contributed by atoms with Crippen molar-refractivity contribution in [2.75, 3.05) is 10.6 Å². The Labute approximate surface area is 232 Å². The number of hydrogen-bond donors (Lipinski definition) is 2. The lowest BCUT2D eigenvalue weighted by Gasteiger charge is -2.19. The molecule has 0 saturated heterocycles. The second-order valence-corrected chi connectivity index (χ2v) is 11.5. The van der Waals surface area contributed by atoms with Gasteiger partial charge in [-0.2, -0.15) is 13.2 Å². The van der Waals surface area contributed by atoms with Crippen LogP contribution in [0.1, 0.15) is 68.2 Å². The van der Waals surface area contributed by atoms with E-state index in [1.54, 1.807) is 12.1 Å². The van der Waals surface area contributed by atoms with Crippen LogP contribution in [0.5, 0.6) is 0 Å². The van der Waals surface area contributed by atoms with E-state index in [4.69, 9.17) is 0 Å². The maximum atomic E-state index is 13.4. The number of fused-ring (bicyclic) bond motifs is 1. The Morgan fingerprint density at radius 2 is 1.40 bits per heavy atom. The SMILES string of the molecule is CC(C)CC(=O)Nc1ccc2c(c1)cc(C(=O)Nc1ccc(C(F)(F)F)cc1)n2Cc1ccc(C(C)(C)C)cc1. The molecule has 2 N–H and O–H groups in total. The highest BCUT2D eigenvalue weighted by Gasteiger charge is 2.30. The van der Waals surface area contributed by atoms with Crippen molar-refractivity contribution in [2.24, 2.45) is 5.92 Å². The van der Waals surface area contributed by atoms with Gasteiger partial charge in [0.25, 0.3) is 5.91 Å². The Kier molecular flexibility index (Phi) is 8.10. The summed E-state index contributed by atoms with van der Waals surface area (Å²) in [6.07, 6.45) is -4.07. The van der Waals surface area contributed by atoms with Gasteiger partial charge in [0.05, 0.1) is 5.56 Å². The molecule has 4 rings (SSSR count). The summed E-state index contributed by atoms with van der Waals surface area (Å²) in [5, 5.41) is 6.39. The zero-order valence-corrected chi connectivity index (χ0v) is 23.3. The predicted molar refractivity (Wildman–Crippen MR) is 154 cm³/mol. The van der Waals surface area contributed by atoms with Gasteiger partial charge in [-0.05, 0) is 71.0 Å². The van der Waals surface area contributed by atoms with Crippen molar-refractivity contribution in [2.45, 2.75) is 59.2 Å². The smallest absolute Gasteiger partial charge is 0.332 e. The van der Waals surface area contributed by atoms with Gasteiger partial charge in [-0.3, -0.25) is 9.59 Å². The number of rotatable bonds is 7. The number of nitrogens with one attached hydrogen (secondary N) is 2. The third kappa shape index (κ3) is 6.92. The van der Waals surface area contributed by atoms with Crippen molar-refractivity contribution in [3.8, 4) is 0 Å². The van der Waals surface area contributed by atoms with Crippen molar-refractivity contribution in [1.82, 2.24) is 4.57 Å². The van der Waals surface area contributed by atoms with Crippen molar-refractivity contribution >= 4 is 34.1 Å². The van der Waals surface area contributed by atoms with E-state index in [1.807, 2.05) is 42.7 Å². The Morgan fingerprint density at radius 1 is 0.800 bits per heavy atom. The van der Waals surface area contributed by atoms with Crippen LogP contribution in [0.2, 0.25) is 0 Å². The predicted octanol–water partition coefficient (Wildman–Crippen LogP) is 8.24. The Balaban J connectivity index is 1.68. The van der Waals surface area contributed by atoms with Gasteiger partial charge in [-0.25, -0.2) is 0 Å². The van der Waals surface area contributed by atoms with Gasteiger partial charge in [-0.15, -0.1) is 0 Å². The number of hydrogen-bond acceptors (Lipinski definition) is 2. The van der Waals surface area contributed by atoms with Gasteiger partial charge in [0.1, 0.15) is 5.69 Å². The lowest BCUT2D eigenvalue weighted by molar-refractivity contribution is -0.137. The Morgan fingerprint density at radius 3 is 1.98 bits per heavy atom. The quantitative estimate of drug-likeness (QED) is 0.244. The lowest BCUT2D eigenvalue weighted by Crippen LogP contribution is -2.18. The highest BCUT2D eigenvalue weighted by molar-refractivity contribution is 6.07. The van der Waals surface area contributed by atoms with Crippen LogP contribution in [-0.4, -0.2) is 16.4 Å². The number of benzene rings is 3. The molecule has 0 aliphatic carbocycles. The first kappa shape index (κ1) is 28.9. The van der Waals surface area contributed by atoms with E-state index in [9.17, 15) is 22.8 Å². The molecule has 1 aromatic heterocycles. The number of aromatic nitrogens is 1. The van der Waals surface area contributed by atoms with Gasteiger partial charge < -0.3 is 15.2 Å². The second-order valence-electron chi connectivity index (χ2n) is 11.5. The van der Waals surface area contributed by atoms with Gasteiger partial charge in [0.15, 0.2) is 0 Å². The summed E-state index contributed by atoms with van der Waals surface area (Å²) in [4.78, 5) is 25.7. The van der Waals surface area contributed by atoms with E-state index in [0.29, 0.717) is 24.3 Å². The molecule has 5 nitrogen and oxygen atoms in total. The molecular weight excluding hydrogens is 515 g/mol. The van der Waals surface area contributed by atoms with E-state index in [2.05, 4.69) is 43.5 Å². The molecule has 0 aliphatic heterocycles. The summed E-state index contributed by atoms with van der Waals surface area (Å²) >= 11 is 0. The summed E-state index contributed by atoms with van der Waals surface area (Å²) in [6, 6.07) is 19.8. The average Bonchev–Trinajstić information content (AvgIpc) is 3.20. The topological polar surface area (TPSA) is 63.1 Å². The zero-order valence-electron chi connectivity index (χ0n) is 23.3. The standard InChI is InChI=1S/C32H34F3N3O2/c1-20(2)16-29(39)36-26-14-15-27-22(17-26)18-28(30(40)37-25-12-10-24(11-13-25)32(33,34)35)38(27)19-21-6-8-23(9-7-21)31(3,4)5/h6-15,17-18,20H,16,19H2,1-5H3,(H,36,39)(H,37,40). The van der Waals surface area contributed by atoms with Crippen LogP contribution in [0.4, 0.5) is 24.5 Å². The molecule has 3 aromatic carbocycles. The summed E-state index contributed by atoms with van der Waals surface area (Å²) in [6.45, 7) is 10.8. The number of carbonyl (C=O) groups is 2. The molecule has 0 saturated carbocycles. The fourth-order valence-corrected chi connectivity index (χ4v) is 4.52. The summed E-state index contributed by atoms with van der Waals surface area (Å²) in [7, 11) is 0. The number of anilines is 2. The molecule has 0 atom stereocenters. The highest BCUT2D eigenvalue weighted by atomic mass is 19.4. The second kappa shape index (κ2) is 11.2. The van der Waals surface area contributed by atoms with E-state index in [1.165, 1.54) is 17.7 Å². The normalized spacial score (nSPS) is 12.1. The first-order chi connectivity index (χ1) is 18.7. The maximum Gasteiger partial charge on any atom is 0.416 e. The van der Waals surface area contributed by atoms with E-state index < -0.39 is 17.6 Å². The lowest BCUT2D eigenvalue weighted by atomic mass is 9.87. The number of nitrogens with zero attached hydrogens (tertiary/aromatic N) is 1. The molecule has 0 aliphatic rings. The molecule has 0 radical (unpaired) electrons. The van der Waals surface area contributed by atoms with Gasteiger partial charge >= 0.3 is 6.18 Å². The van der Waals surface area contributed by atoms with Crippen LogP contribution >= 0.6 is 0 Å². The number of carbonyl (C=O) groups excluding carboxylic acids is 2. The largest absolute Gasteiger partial charge is 0.416 e. The molecule has 0 spiro atoms. The van der Waals surface area contributed by atoms with Gasteiger partial charge in [-0.1, -0.05) is 58.9 Å². The summed E-state index contributed by atoms with van der Waals surface area (Å²) in [5.41, 5.74) is 3.41. The average molecular weight is 550 g/mol. The molecule has 4 aromatic rings. The van der Waals surface area contributed by atoms with Crippen molar-refractivity contribution in [1.29, 1.82) is 0 Å².